The number of aromatic nitrogens is 2. The minimum Gasteiger partial charge on any atom is -0.357 e. The fourth-order valence-electron chi connectivity index (χ4n) is 4.98. The number of amides is 2. The van der Waals surface area contributed by atoms with E-state index in [4.69, 9.17) is 0 Å². The molecule has 2 N–H and O–H groups in total. The van der Waals surface area contributed by atoms with Gasteiger partial charge in [-0.1, -0.05) is 12.2 Å². The maximum absolute atomic E-state index is 12.7. The molecule has 1 aliphatic heterocycles. The average Bonchev–Trinajstić information content (AvgIpc) is 3.49. The second-order valence-corrected chi connectivity index (χ2v) is 8.50. The first-order chi connectivity index (χ1) is 14.6. The molecule has 3 aliphatic rings. The number of aliphatic imine (C=N–C) groups is 1. The first-order valence-corrected chi connectivity index (χ1v) is 11.1. The van der Waals surface area contributed by atoms with Gasteiger partial charge in [-0.15, -0.1) is 0 Å². The van der Waals surface area contributed by atoms with Crippen LogP contribution in [0.25, 0.3) is 0 Å². The van der Waals surface area contributed by atoms with Crippen LogP contribution in [-0.4, -0.2) is 58.6 Å². The van der Waals surface area contributed by atoms with Crippen molar-refractivity contribution in [3.05, 3.63) is 30.1 Å². The zero-order valence-corrected chi connectivity index (χ0v) is 17.9. The Balaban J connectivity index is 1.20. The van der Waals surface area contributed by atoms with Crippen LogP contribution >= 0.6 is 0 Å². The molecule has 2 amide bonds. The number of imide groups is 1. The number of fused-ring (bicyclic) bond motifs is 5. The van der Waals surface area contributed by atoms with Crippen molar-refractivity contribution in [3.8, 4) is 0 Å². The Morgan fingerprint density at radius 3 is 2.50 bits per heavy atom. The van der Waals surface area contributed by atoms with Crippen molar-refractivity contribution in [1.82, 2.24) is 25.3 Å². The molecule has 0 aromatic carbocycles. The number of carbonyl (C=O) groups excluding carboxylic acids is 2. The van der Waals surface area contributed by atoms with Crippen molar-refractivity contribution in [2.45, 2.75) is 39.7 Å². The lowest BCUT2D eigenvalue weighted by atomic mass is 9.85. The number of nitrogens with zero attached hydrogens (tertiary/aromatic N) is 4. The van der Waals surface area contributed by atoms with E-state index in [1.165, 1.54) is 10.5 Å². The number of guanidine groups is 1. The summed E-state index contributed by atoms with van der Waals surface area (Å²) in [6.07, 6.45) is 10.8. The van der Waals surface area contributed by atoms with E-state index in [0.717, 1.165) is 38.4 Å². The minimum absolute atomic E-state index is 0.0321. The van der Waals surface area contributed by atoms with Gasteiger partial charge in [0.15, 0.2) is 5.96 Å². The molecule has 0 spiro atoms. The molecule has 2 aliphatic carbocycles. The number of carbonyl (C=O) groups is 2. The number of nitrogens with one attached hydrogen (secondary N) is 2. The summed E-state index contributed by atoms with van der Waals surface area (Å²) in [5.74, 6) is 1.17. The normalized spacial score (nSPS) is 27.3. The van der Waals surface area contributed by atoms with Crippen LogP contribution in [0.1, 0.15) is 31.7 Å². The summed E-state index contributed by atoms with van der Waals surface area (Å²) in [6, 6.07) is 0. The summed E-state index contributed by atoms with van der Waals surface area (Å²) in [7, 11) is 0. The van der Waals surface area contributed by atoms with Crippen LogP contribution in [0.15, 0.2) is 29.5 Å². The summed E-state index contributed by atoms with van der Waals surface area (Å²) in [4.78, 5) is 31.5. The molecule has 2 heterocycles. The minimum atomic E-state index is -0.103. The van der Waals surface area contributed by atoms with Gasteiger partial charge in [0.1, 0.15) is 0 Å². The molecule has 8 nitrogen and oxygen atoms in total. The van der Waals surface area contributed by atoms with E-state index in [0.29, 0.717) is 19.5 Å². The van der Waals surface area contributed by atoms with Crippen LogP contribution < -0.4 is 10.6 Å². The standard InChI is InChI=1S/C22H32N6O2/c1-3-23-22(24-8-4-10-27-14-15(2)13-26-27)25-9-5-11-28-20(29)18-16-6-7-17(12-16)19(18)21(28)30/h6-7,13-14,16-19H,3-5,8-12H2,1-2H3,(H2,23,24,25). The predicted octanol–water partition coefficient (Wildman–Crippen LogP) is 1.33. The molecule has 4 rings (SSSR count). The van der Waals surface area contributed by atoms with E-state index in [1.54, 1.807) is 0 Å². The highest BCUT2D eigenvalue weighted by atomic mass is 16.2. The van der Waals surface area contributed by atoms with E-state index < -0.39 is 0 Å². The summed E-state index contributed by atoms with van der Waals surface area (Å²) < 4.78 is 1.95. The van der Waals surface area contributed by atoms with Crippen LogP contribution in [0, 0.1) is 30.6 Å². The second-order valence-electron chi connectivity index (χ2n) is 8.50. The smallest absolute Gasteiger partial charge is 0.233 e. The number of aryl methyl sites for hydroxylation is 2. The third kappa shape index (κ3) is 4.13. The zero-order chi connectivity index (χ0) is 21.1. The Labute approximate surface area is 177 Å². The maximum Gasteiger partial charge on any atom is 0.233 e. The molecule has 8 heteroatoms. The van der Waals surface area contributed by atoms with Gasteiger partial charge in [-0.2, -0.15) is 5.10 Å². The third-order valence-electron chi connectivity index (χ3n) is 6.33. The molecule has 1 saturated carbocycles. The van der Waals surface area contributed by atoms with Gasteiger partial charge in [-0.05, 0) is 50.5 Å². The lowest BCUT2D eigenvalue weighted by Gasteiger charge is -2.17. The van der Waals surface area contributed by atoms with Gasteiger partial charge in [0, 0.05) is 38.9 Å². The molecule has 30 heavy (non-hydrogen) atoms. The zero-order valence-electron chi connectivity index (χ0n) is 17.9. The van der Waals surface area contributed by atoms with Crippen LogP contribution in [0.4, 0.5) is 0 Å². The Kier molecular flexibility index (Phi) is 6.20. The summed E-state index contributed by atoms with van der Waals surface area (Å²) in [5.41, 5.74) is 1.17. The van der Waals surface area contributed by atoms with Crippen molar-refractivity contribution in [2.75, 3.05) is 26.2 Å². The Bertz CT molecular complexity index is 814. The molecule has 2 fully saturated rings. The quantitative estimate of drug-likeness (QED) is 0.210. The van der Waals surface area contributed by atoms with E-state index in [9.17, 15) is 9.59 Å². The van der Waals surface area contributed by atoms with Crippen molar-refractivity contribution < 1.29 is 9.59 Å². The van der Waals surface area contributed by atoms with Crippen molar-refractivity contribution in [2.24, 2.45) is 28.7 Å². The molecule has 1 aromatic heterocycles. The number of allylic oxidation sites excluding steroid dienone is 2. The van der Waals surface area contributed by atoms with Crippen molar-refractivity contribution >= 4 is 17.8 Å². The van der Waals surface area contributed by atoms with Crippen LogP contribution in [0.2, 0.25) is 0 Å². The lowest BCUT2D eigenvalue weighted by Crippen LogP contribution is -2.38. The van der Waals surface area contributed by atoms with Crippen LogP contribution in [0.3, 0.4) is 0 Å². The van der Waals surface area contributed by atoms with E-state index in [1.807, 2.05) is 30.9 Å². The monoisotopic (exact) mass is 412 g/mol. The first kappa shape index (κ1) is 20.6. The molecular formula is C22H32N6O2. The number of rotatable bonds is 9. The maximum atomic E-state index is 12.7. The van der Waals surface area contributed by atoms with Crippen LogP contribution in [0.5, 0.6) is 0 Å². The highest BCUT2D eigenvalue weighted by molar-refractivity contribution is 6.06. The Morgan fingerprint density at radius 1 is 1.13 bits per heavy atom. The van der Waals surface area contributed by atoms with Gasteiger partial charge in [-0.25, -0.2) is 0 Å². The molecule has 1 aromatic rings. The molecule has 162 valence electrons. The fourth-order valence-corrected chi connectivity index (χ4v) is 4.98. The molecule has 2 bridgehead atoms. The predicted molar refractivity (Wildman–Crippen MR) is 115 cm³/mol. The SMILES string of the molecule is CCNC(=NCCCN1C(=O)C2C3C=CC(C3)C2C1=O)NCCCn1cc(C)cn1. The Morgan fingerprint density at radius 2 is 1.87 bits per heavy atom. The van der Waals surface area contributed by atoms with Crippen molar-refractivity contribution in [3.63, 3.8) is 0 Å². The van der Waals surface area contributed by atoms with Gasteiger partial charge >= 0.3 is 0 Å². The molecule has 4 unspecified atom stereocenters. The number of hydrogen-bond donors (Lipinski definition) is 2. The van der Waals surface area contributed by atoms with Gasteiger partial charge in [0.2, 0.25) is 11.8 Å². The van der Waals surface area contributed by atoms with Crippen LogP contribution in [-0.2, 0) is 16.1 Å². The van der Waals surface area contributed by atoms with Gasteiger partial charge < -0.3 is 10.6 Å². The van der Waals surface area contributed by atoms with E-state index in [2.05, 4.69) is 32.9 Å². The summed E-state index contributed by atoms with van der Waals surface area (Å²) in [5, 5.41) is 10.9. The average molecular weight is 413 g/mol. The van der Waals surface area contributed by atoms with E-state index >= 15 is 0 Å². The summed E-state index contributed by atoms with van der Waals surface area (Å²) in [6.45, 7) is 7.55. The molecule has 1 saturated heterocycles. The summed E-state index contributed by atoms with van der Waals surface area (Å²) >= 11 is 0. The lowest BCUT2D eigenvalue weighted by molar-refractivity contribution is -0.140. The highest BCUT2D eigenvalue weighted by Gasteiger charge is 2.58. The molecular weight excluding hydrogens is 380 g/mol. The topological polar surface area (TPSA) is 91.6 Å². The van der Waals surface area contributed by atoms with Gasteiger partial charge in [-0.3, -0.25) is 24.2 Å². The number of likely N-dealkylation sites (tertiary alicyclic amines) is 1. The third-order valence-corrected chi connectivity index (χ3v) is 6.33. The largest absolute Gasteiger partial charge is 0.357 e. The van der Waals surface area contributed by atoms with Gasteiger partial charge in [0.25, 0.3) is 0 Å². The second kappa shape index (κ2) is 9.02. The van der Waals surface area contributed by atoms with E-state index in [-0.39, 0.29) is 35.5 Å². The van der Waals surface area contributed by atoms with Gasteiger partial charge in [0.05, 0.1) is 18.0 Å². The van der Waals surface area contributed by atoms with Crippen molar-refractivity contribution in [1.29, 1.82) is 0 Å². The Hall–Kier alpha value is -2.64. The molecule has 0 radical (unpaired) electrons. The number of hydrogen-bond acceptors (Lipinski definition) is 4. The first-order valence-electron chi connectivity index (χ1n) is 11.1. The fraction of sp³-hybridized carbons (Fsp3) is 0.636. The molecule has 4 atom stereocenters. The highest BCUT2D eigenvalue weighted by Crippen LogP contribution is 2.52.